The summed E-state index contributed by atoms with van der Waals surface area (Å²) in [5.74, 6) is 0.267. The number of hydrogen-bond donors (Lipinski definition) is 2. The Morgan fingerprint density at radius 3 is 2.42 bits per heavy atom. The lowest BCUT2D eigenvalue weighted by atomic mass is 10.0. The van der Waals surface area contributed by atoms with E-state index in [1.807, 2.05) is 32.0 Å². The molecule has 3 heteroatoms. The number of aryl methyl sites for hydroxylation is 2. The van der Waals surface area contributed by atoms with Gasteiger partial charge in [0.25, 0.3) is 5.91 Å². The van der Waals surface area contributed by atoms with Gasteiger partial charge in [0.1, 0.15) is 0 Å². The fraction of sp³-hybridized carbons (Fsp3) is 0.562. The standard InChI is InChI=1S/C16H23NO2/c1-11-7-12(2)9-14(8-11)16(19)17-10-15(18)13-5-3-4-6-13/h7-9,13,15,18H,3-6,10H2,1-2H3,(H,17,19). The minimum atomic E-state index is -0.405. The summed E-state index contributed by atoms with van der Waals surface area (Å²) in [6.45, 7) is 4.32. The van der Waals surface area contributed by atoms with Gasteiger partial charge >= 0.3 is 0 Å². The summed E-state index contributed by atoms with van der Waals surface area (Å²) in [6.07, 6.45) is 4.16. The van der Waals surface area contributed by atoms with E-state index in [2.05, 4.69) is 5.32 Å². The van der Waals surface area contributed by atoms with Crippen molar-refractivity contribution in [2.45, 2.75) is 45.6 Å². The van der Waals surface area contributed by atoms with Crippen LogP contribution in [0.25, 0.3) is 0 Å². The second kappa shape index (κ2) is 6.20. The molecule has 1 aromatic carbocycles. The molecule has 1 saturated carbocycles. The number of amides is 1. The third-order valence-electron chi connectivity index (χ3n) is 3.90. The van der Waals surface area contributed by atoms with Crippen LogP contribution < -0.4 is 5.32 Å². The molecule has 19 heavy (non-hydrogen) atoms. The van der Waals surface area contributed by atoms with Gasteiger partial charge in [0.2, 0.25) is 0 Å². The molecule has 0 spiro atoms. The molecule has 1 aliphatic carbocycles. The molecule has 1 aliphatic rings. The first-order valence-corrected chi connectivity index (χ1v) is 7.11. The molecule has 0 aliphatic heterocycles. The fourth-order valence-electron chi connectivity index (χ4n) is 2.91. The van der Waals surface area contributed by atoms with E-state index in [1.54, 1.807) is 0 Å². The Kier molecular flexibility index (Phi) is 4.59. The Morgan fingerprint density at radius 1 is 1.26 bits per heavy atom. The molecular weight excluding hydrogens is 238 g/mol. The van der Waals surface area contributed by atoms with Crippen LogP contribution in [-0.2, 0) is 0 Å². The van der Waals surface area contributed by atoms with Gasteiger partial charge in [-0.05, 0) is 44.7 Å². The Hall–Kier alpha value is -1.35. The lowest BCUT2D eigenvalue weighted by Gasteiger charge is -2.18. The average molecular weight is 261 g/mol. The Balaban J connectivity index is 1.89. The fourth-order valence-corrected chi connectivity index (χ4v) is 2.91. The van der Waals surface area contributed by atoms with E-state index in [0.717, 1.165) is 24.0 Å². The minimum absolute atomic E-state index is 0.0937. The minimum Gasteiger partial charge on any atom is -0.391 e. The summed E-state index contributed by atoms with van der Waals surface area (Å²) in [5, 5.41) is 12.9. The van der Waals surface area contributed by atoms with Crippen molar-refractivity contribution in [1.29, 1.82) is 0 Å². The molecule has 1 atom stereocenters. The van der Waals surface area contributed by atoms with Crippen molar-refractivity contribution >= 4 is 5.91 Å². The van der Waals surface area contributed by atoms with Gasteiger partial charge in [0.15, 0.2) is 0 Å². The van der Waals surface area contributed by atoms with Crippen molar-refractivity contribution in [3.63, 3.8) is 0 Å². The van der Waals surface area contributed by atoms with Crippen molar-refractivity contribution in [2.75, 3.05) is 6.54 Å². The van der Waals surface area contributed by atoms with E-state index in [9.17, 15) is 9.90 Å². The monoisotopic (exact) mass is 261 g/mol. The summed E-state index contributed by atoms with van der Waals surface area (Å²) in [6, 6.07) is 5.80. The number of nitrogens with one attached hydrogen (secondary N) is 1. The third-order valence-corrected chi connectivity index (χ3v) is 3.90. The van der Waals surface area contributed by atoms with Gasteiger partial charge in [0, 0.05) is 12.1 Å². The van der Waals surface area contributed by atoms with E-state index in [1.165, 1.54) is 12.8 Å². The number of carbonyl (C=O) groups excluding carboxylic acids is 1. The Morgan fingerprint density at radius 2 is 1.84 bits per heavy atom. The van der Waals surface area contributed by atoms with E-state index < -0.39 is 6.10 Å². The zero-order valence-electron chi connectivity index (χ0n) is 11.8. The Labute approximate surface area is 115 Å². The second-order valence-electron chi connectivity index (χ2n) is 5.70. The van der Waals surface area contributed by atoms with Gasteiger partial charge in [-0.3, -0.25) is 4.79 Å². The molecule has 0 bridgehead atoms. The van der Waals surface area contributed by atoms with Crippen LogP contribution in [0.15, 0.2) is 18.2 Å². The third kappa shape index (κ3) is 3.80. The highest BCUT2D eigenvalue weighted by atomic mass is 16.3. The van der Waals surface area contributed by atoms with Gasteiger partial charge in [-0.2, -0.15) is 0 Å². The number of aliphatic hydroxyl groups is 1. The maximum atomic E-state index is 12.0. The molecule has 0 heterocycles. The molecular formula is C16H23NO2. The number of carbonyl (C=O) groups is 1. The van der Waals surface area contributed by atoms with E-state index in [-0.39, 0.29) is 5.91 Å². The summed E-state index contributed by atoms with van der Waals surface area (Å²) in [4.78, 5) is 12.0. The lowest BCUT2D eigenvalue weighted by Crippen LogP contribution is -2.35. The van der Waals surface area contributed by atoms with Crippen LogP contribution in [0.5, 0.6) is 0 Å². The highest BCUT2D eigenvalue weighted by molar-refractivity contribution is 5.94. The van der Waals surface area contributed by atoms with Gasteiger partial charge in [-0.25, -0.2) is 0 Å². The highest BCUT2D eigenvalue weighted by Gasteiger charge is 2.23. The maximum absolute atomic E-state index is 12.0. The van der Waals surface area contributed by atoms with E-state index >= 15 is 0 Å². The molecule has 0 radical (unpaired) electrons. The SMILES string of the molecule is Cc1cc(C)cc(C(=O)NCC(O)C2CCCC2)c1. The van der Waals surface area contributed by atoms with Crippen molar-refractivity contribution < 1.29 is 9.90 Å². The van der Waals surface area contributed by atoms with Crippen LogP contribution >= 0.6 is 0 Å². The second-order valence-corrected chi connectivity index (χ2v) is 5.70. The van der Waals surface area contributed by atoms with Gasteiger partial charge in [-0.1, -0.05) is 30.0 Å². The Bertz CT molecular complexity index is 430. The smallest absolute Gasteiger partial charge is 0.251 e. The molecule has 1 fully saturated rings. The first-order chi connectivity index (χ1) is 9.06. The number of aliphatic hydroxyl groups excluding tert-OH is 1. The predicted octanol–water partition coefficient (Wildman–Crippen LogP) is 2.58. The van der Waals surface area contributed by atoms with Crippen LogP contribution in [0, 0.1) is 19.8 Å². The molecule has 1 unspecified atom stereocenters. The number of hydrogen-bond acceptors (Lipinski definition) is 2. The lowest BCUT2D eigenvalue weighted by molar-refractivity contribution is 0.0840. The van der Waals surface area contributed by atoms with Crippen LogP contribution in [0.1, 0.15) is 47.2 Å². The van der Waals surface area contributed by atoms with Crippen LogP contribution in [0.4, 0.5) is 0 Å². The first kappa shape index (κ1) is 14.1. The summed E-state index contributed by atoms with van der Waals surface area (Å²) < 4.78 is 0. The van der Waals surface area contributed by atoms with Crippen molar-refractivity contribution in [2.24, 2.45) is 5.92 Å². The molecule has 0 aromatic heterocycles. The topological polar surface area (TPSA) is 49.3 Å². The molecule has 0 saturated heterocycles. The molecule has 2 rings (SSSR count). The van der Waals surface area contributed by atoms with Crippen molar-refractivity contribution in [3.8, 4) is 0 Å². The molecule has 3 nitrogen and oxygen atoms in total. The predicted molar refractivity (Wildman–Crippen MR) is 76.2 cm³/mol. The zero-order valence-corrected chi connectivity index (χ0v) is 11.8. The average Bonchev–Trinajstić information content (AvgIpc) is 2.88. The summed E-state index contributed by atoms with van der Waals surface area (Å²) in [7, 11) is 0. The number of rotatable bonds is 4. The molecule has 104 valence electrons. The van der Waals surface area contributed by atoms with E-state index in [4.69, 9.17) is 0 Å². The number of benzene rings is 1. The van der Waals surface area contributed by atoms with Gasteiger partial charge < -0.3 is 10.4 Å². The van der Waals surface area contributed by atoms with E-state index in [0.29, 0.717) is 18.0 Å². The van der Waals surface area contributed by atoms with Crippen molar-refractivity contribution in [3.05, 3.63) is 34.9 Å². The van der Waals surface area contributed by atoms with Crippen LogP contribution in [0.2, 0.25) is 0 Å². The summed E-state index contributed by atoms with van der Waals surface area (Å²) in [5.41, 5.74) is 2.85. The highest BCUT2D eigenvalue weighted by Crippen LogP contribution is 2.27. The first-order valence-electron chi connectivity index (χ1n) is 7.11. The summed E-state index contributed by atoms with van der Waals surface area (Å²) >= 11 is 0. The quantitative estimate of drug-likeness (QED) is 0.875. The maximum Gasteiger partial charge on any atom is 0.251 e. The molecule has 1 aromatic rings. The van der Waals surface area contributed by atoms with Gasteiger partial charge in [-0.15, -0.1) is 0 Å². The zero-order chi connectivity index (χ0) is 13.8. The largest absolute Gasteiger partial charge is 0.391 e. The molecule has 2 N–H and O–H groups in total. The van der Waals surface area contributed by atoms with Gasteiger partial charge in [0.05, 0.1) is 6.10 Å². The van der Waals surface area contributed by atoms with Crippen LogP contribution in [-0.4, -0.2) is 23.7 Å². The normalized spacial score (nSPS) is 17.4. The van der Waals surface area contributed by atoms with Crippen LogP contribution in [0.3, 0.4) is 0 Å². The molecule has 1 amide bonds. The van der Waals surface area contributed by atoms with Crippen molar-refractivity contribution in [1.82, 2.24) is 5.32 Å².